The molecule has 0 radical (unpaired) electrons. The summed E-state index contributed by atoms with van der Waals surface area (Å²) < 4.78 is 11.9. The monoisotopic (exact) mass is 416 g/mol. The predicted octanol–water partition coefficient (Wildman–Crippen LogP) is -0.117. The highest BCUT2D eigenvalue weighted by Gasteiger charge is 2.30. The first-order chi connectivity index (χ1) is 14.5. The number of aliphatic hydroxyl groups is 1. The van der Waals surface area contributed by atoms with Crippen LogP contribution in [0.2, 0.25) is 0 Å². The number of nitrogens with zero attached hydrogens (tertiary/aromatic N) is 1. The van der Waals surface area contributed by atoms with Gasteiger partial charge in [-0.05, 0) is 30.2 Å². The van der Waals surface area contributed by atoms with E-state index in [1.165, 1.54) is 7.05 Å². The van der Waals surface area contributed by atoms with Gasteiger partial charge in [-0.15, -0.1) is 0 Å². The molecule has 160 valence electrons. The van der Waals surface area contributed by atoms with Gasteiger partial charge in [0.1, 0.15) is 17.9 Å². The Labute approximate surface area is 171 Å². The Kier molecular flexibility index (Phi) is 5.62. The van der Waals surface area contributed by atoms with Crippen LogP contribution in [-0.2, 0) is 18.2 Å². The van der Waals surface area contributed by atoms with E-state index in [0.29, 0.717) is 25.5 Å². The first kappa shape index (κ1) is 20.2. The Bertz CT molecular complexity index is 1180. The molecule has 1 aromatic carbocycles. The van der Waals surface area contributed by atoms with Crippen molar-refractivity contribution < 1.29 is 19.7 Å². The van der Waals surface area contributed by atoms with Crippen LogP contribution in [0.4, 0.5) is 0 Å². The second kappa shape index (κ2) is 8.34. The quantitative estimate of drug-likeness (QED) is 0.338. The molecule has 4 rings (SSSR count). The van der Waals surface area contributed by atoms with Gasteiger partial charge in [0.05, 0.1) is 25.9 Å². The maximum atomic E-state index is 12.5. The van der Waals surface area contributed by atoms with E-state index < -0.39 is 17.3 Å². The highest BCUT2D eigenvalue weighted by Crippen LogP contribution is 2.35. The van der Waals surface area contributed by atoms with Gasteiger partial charge in [0, 0.05) is 30.2 Å². The van der Waals surface area contributed by atoms with Crippen molar-refractivity contribution in [1.82, 2.24) is 19.9 Å². The van der Waals surface area contributed by atoms with Gasteiger partial charge in [0.2, 0.25) is 5.88 Å². The molecule has 2 aromatic heterocycles. The van der Waals surface area contributed by atoms with Gasteiger partial charge in [-0.1, -0.05) is 0 Å². The summed E-state index contributed by atoms with van der Waals surface area (Å²) in [4.78, 5) is 29.8. The lowest BCUT2D eigenvalue weighted by molar-refractivity contribution is 0.0705. The lowest BCUT2D eigenvalue weighted by Crippen LogP contribution is -2.38. The minimum absolute atomic E-state index is 0.0232. The number of aromatic nitrogens is 3. The van der Waals surface area contributed by atoms with Gasteiger partial charge >= 0.3 is 5.69 Å². The molecule has 1 atom stereocenters. The molecule has 0 saturated carbocycles. The number of H-pyrrole nitrogens is 2. The molecule has 1 aliphatic rings. The molecule has 10 heteroatoms. The third-order valence-electron chi connectivity index (χ3n) is 5.27. The minimum atomic E-state index is -0.668. The Morgan fingerprint density at radius 1 is 1.20 bits per heavy atom. The van der Waals surface area contributed by atoms with E-state index in [1.807, 2.05) is 18.2 Å². The molecule has 0 amide bonds. The van der Waals surface area contributed by atoms with Crippen LogP contribution in [0.15, 0.2) is 27.8 Å². The predicted molar refractivity (Wildman–Crippen MR) is 109 cm³/mol. The number of aliphatic hydroxyl groups excluding tert-OH is 1. The van der Waals surface area contributed by atoms with Crippen molar-refractivity contribution in [1.29, 1.82) is 0 Å². The average molecular weight is 416 g/mol. The topological polar surface area (TPSA) is 142 Å². The lowest BCUT2D eigenvalue weighted by Gasteiger charge is -2.25. The van der Waals surface area contributed by atoms with Crippen LogP contribution in [0, 0.1) is 0 Å². The van der Waals surface area contributed by atoms with Crippen molar-refractivity contribution >= 4 is 10.9 Å². The molecule has 30 heavy (non-hydrogen) atoms. The standard InChI is InChI=1S/C20H24N4O6/c1-24-19(27)15(18(26)23-20(24)28)17-16-12(4-5-21-17)13-10-11(2-3-14(13)22-16)30-9-8-29-7-6-25/h2-3,10,17,21-22,25,27H,4-9H2,1H3,(H,23,26,28). The van der Waals surface area contributed by atoms with E-state index in [9.17, 15) is 14.7 Å². The number of fused-ring (bicyclic) bond motifs is 3. The smallest absolute Gasteiger partial charge is 0.330 e. The maximum Gasteiger partial charge on any atom is 0.330 e. The van der Waals surface area contributed by atoms with Crippen LogP contribution in [0.25, 0.3) is 10.9 Å². The van der Waals surface area contributed by atoms with Crippen molar-refractivity contribution in [3.8, 4) is 11.6 Å². The maximum absolute atomic E-state index is 12.5. The third kappa shape index (κ3) is 3.60. The fourth-order valence-corrected chi connectivity index (χ4v) is 3.82. The zero-order chi connectivity index (χ0) is 21.3. The molecule has 1 unspecified atom stereocenters. The summed E-state index contributed by atoms with van der Waals surface area (Å²) in [7, 11) is 1.40. The van der Waals surface area contributed by atoms with Crippen LogP contribution in [0.3, 0.4) is 0 Å². The van der Waals surface area contributed by atoms with E-state index in [2.05, 4.69) is 15.3 Å². The van der Waals surface area contributed by atoms with Gasteiger partial charge in [0.25, 0.3) is 5.56 Å². The normalized spacial score (nSPS) is 16.0. The van der Waals surface area contributed by atoms with Gasteiger partial charge < -0.3 is 30.0 Å². The molecule has 3 aromatic rings. The van der Waals surface area contributed by atoms with Gasteiger partial charge in [-0.25, -0.2) is 4.79 Å². The molecule has 1 aliphatic heterocycles. The van der Waals surface area contributed by atoms with Crippen molar-refractivity contribution in [2.24, 2.45) is 7.05 Å². The molecule has 0 bridgehead atoms. The van der Waals surface area contributed by atoms with E-state index in [4.69, 9.17) is 14.6 Å². The number of benzene rings is 1. The minimum Gasteiger partial charge on any atom is -0.494 e. The number of aromatic hydroxyl groups is 1. The van der Waals surface area contributed by atoms with Crippen molar-refractivity contribution in [2.45, 2.75) is 12.5 Å². The number of aromatic amines is 2. The SMILES string of the molecule is Cn1c(O)c(C2NCCc3c2[nH]c2ccc(OCCOCCO)cc32)c(=O)[nH]c1=O. The summed E-state index contributed by atoms with van der Waals surface area (Å²) in [6, 6.07) is 5.10. The van der Waals surface area contributed by atoms with Crippen LogP contribution >= 0.6 is 0 Å². The van der Waals surface area contributed by atoms with Crippen LogP contribution in [0.5, 0.6) is 11.6 Å². The Morgan fingerprint density at radius 2 is 2.03 bits per heavy atom. The van der Waals surface area contributed by atoms with Gasteiger partial charge in [-0.2, -0.15) is 0 Å². The van der Waals surface area contributed by atoms with E-state index >= 15 is 0 Å². The van der Waals surface area contributed by atoms with Crippen molar-refractivity contribution in [3.63, 3.8) is 0 Å². The molecule has 0 fully saturated rings. The first-order valence-corrected chi connectivity index (χ1v) is 9.72. The molecule has 0 saturated heterocycles. The Hall–Kier alpha value is -3.08. The van der Waals surface area contributed by atoms with E-state index in [-0.39, 0.29) is 24.7 Å². The molecule has 0 spiro atoms. The van der Waals surface area contributed by atoms with Gasteiger partial charge in [-0.3, -0.25) is 14.3 Å². The fraction of sp³-hybridized carbons (Fsp3) is 0.400. The number of hydrogen-bond acceptors (Lipinski definition) is 7. The highest BCUT2D eigenvalue weighted by atomic mass is 16.5. The summed E-state index contributed by atoms with van der Waals surface area (Å²) in [6.07, 6.45) is 0.735. The zero-order valence-electron chi connectivity index (χ0n) is 16.5. The summed E-state index contributed by atoms with van der Waals surface area (Å²) in [5, 5.41) is 23.4. The zero-order valence-corrected chi connectivity index (χ0v) is 16.5. The van der Waals surface area contributed by atoms with Crippen molar-refractivity contribution in [3.05, 3.63) is 55.9 Å². The molecular formula is C20H24N4O6. The highest BCUT2D eigenvalue weighted by molar-refractivity contribution is 5.86. The summed E-state index contributed by atoms with van der Waals surface area (Å²) in [5.41, 5.74) is 1.51. The summed E-state index contributed by atoms with van der Waals surface area (Å²) in [6.45, 7) is 1.60. The summed E-state index contributed by atoms with van der Waals surface area (Å²) >= 11 is 0. The third-order valence-corrected chi connectivity index (χ3v) is 5.27. The molecular weight excluding hydrogens is 392 g/mol. The fourth-order valence-electron chi connectivity index (χ4n) is 3.82. The van der Waals surface area contributed by atoms with Crippen LogP contribution in [-0.4, -0.2) is 57.7 Å². The molecule has 5 N–H and O–H groups in total. The second-order valence-corrected chi connectivity index (χ2v) is 7.10. The first-order valence-electron chi connectivity index (χ1n) is 9.72. The lowest BCUT2D eigenvalue weighted by atomic mass is 9.95. The van der Waals surface area contributed by atoms with Gasteiger partial charge in [0.15, 0.2) is 0 Å². The Balaban J connectivity index is 1.68. The molecule has 3 heterocycles. The average Bonchev–Trinajstić information content (AvgIpc) is 3.11. The van der Waals surface area contributed by atoms with Crippen LogP contribution in [0.1, 0.15) is 22.9 Å². The second-order valence-electron chi connectivity index (χ2n) is 7.10. The van der Waals surface area contributed by atoms with Crippen LogP contribution < -0.4 is 21.3 Å². The van der Waals surface area contributed by atoms with Crippen molar-refractivity contribution in [2.75, 3.05) is 33.0 Å². The number of rotatable bonds is 7. The largest absolute Gasteiger partial charge is 0.494 e. The molecule has 10 nitrogen and oxygen atoms in total. The van der Waals surface area contributed by atoms with E-state index in [1.54, 1.807) is 0 Å². The van der Waals surface area contributed by atoms with E-state index in [0.717, 1.165) is 33.1 Å². The summed E-state index contributed by atoms with van der Waals surface area (Å²) in [5.74, 6) is 0.328. The molecule has 0 aliphatic carbocycles. The number of hydrogen-bond donors (Lipinski definition) is 5. The Morgan fingerprint density at radius 3 is 2.83 bits per heavy atom. The number of ether oxygens (including phenoxy) is 2. The number of nitrogens with one attached hydrogen (secondary N) is 3.